The van der Waals surface area contributed by atoms with E-state index in [1.165, 1.54) is 4.90 Å². The Kier molecular flexibility index (Phi) is 5.39. The summed E-state index contributed by atoms with van der Waals surface area (Å²) in [4.78, 5) is 47.0. The third-order valence-corrected chi connectivity index (χ3v) is 6.47. The van der Waals surface area contributed by atoms with Gasteiger partial charge in [0, 0.05) is 49.3 Å². The van der Waals surface area contributed by atoms with Crippen LogP contribution >= 0.6 is 0 Å². The van der Waals surface area contributed by atoms with Crippen LogP contribution in [0, 0.1) is 16.7 Å². The molecule has 180 valence electrons. The van der Waals surface area contributed by atoms with E-state index >= 15 is 0 Å². The first-order valence-electron chi connectivity index (χ1n) is 11.6. The molecule has 0 aliphatic carbocycles. The zero-order valence-electron chi connectivity index (χ0n) is 20.0. The van der Waals surface area contributed by atoms with E-state index in [4.69, 9.17) is 0 Å². The highest BCUT2D eigenvalue weighted by Crippen LogP contribution is 2.32. The Bertz CT molecular complexity index is 1330. The van der Waals surface area contributed by atoms with Crippen molar-refractivity contribution < 1.29 is 9.59 Å². The van der Waals surface area contributed by atoms with Crippen LogP contribution in [0.5, 0.6) is 0 Å². The van der Waals surface area contributed by atoms with Crippen LogP contribution in [0.2, 0.25) is 0 Å². The molecule has 1 N–H and O–H groups in total. The molecule has 0 unspecified atom stereocenters. The smallest absolute Gasteiger partial charge is 0.325 e. The molecule has 1 spiro atoms. The highest BCUT2D eigenvalue weighted by Gasteiger charge is 2.52. The van der Waals surface area contributed by atoms with Gasteiger partial charge in [0.05, 0.1) is 6.54 Å². The SMILES string of the molecule is CC(C)(C)Cn1c(CN2C(=O)NC3(CCN(c4ncccn4)CC3)C2=O)cc2cnc(C#N)nc21. The maximum Gasteiger partial charge on any atom is 0.325 e. The number of rotatable bonds is 4. The second-order valence-corrected chi connectivity index (χ2v) is 10.3. The number of hydrogen-bond acceptors (Lipinski definition) is 8. The Morgan fingerprint density at radius 1 is 1.14 bits per heavy atom. The number of amides is 3. The van der Waals surface area contributed by atoms with Crippen molar-refractivity contribution in [3.05, 3.63) is 42.2 Å². The number of carbonyl (C=O) groups is 2. The normalized spacial score (nSPS) is 17.8. The number of nitriles is 1. The maximum atomic E-state index is 13.6. The van der Waals surface area contributed by atoms with Gasteiger partial charge in [-0.3, -0.25) is 9.69 Å². The minimum absolute atomic E-state index is 0.0837. The van der Waals surface area contributed by atoms with Crippen LogP contribution in [0.25, 0.3) is 11.0 Å². The van der Waals surface area contributed by atoms with Crippen LogP contribution in [0.3, 0.4) is 0 Å². The van der Waals surface area contributed by atoms with Gasteiger partial charge >= 0.3 is 6.03 Å². The lowest BCUT2D eigenvalue weighted by atomic mass is 9.87. The van der Waals surface area contributed by atoms with Gasteiger partial charge in [-0.2, -0.15) is 5.26 Å². The number of hydrogen-bond donors (Lipinski definition) is 1. The predicted octanol–water partition coefficient (Wildman–Crippen LogP) is 2.23. The third-order valence-electron chi connectivity index (χ3n) is 6.47. The van der Waals surface area contributed by atoms with E-state index in [1.54, 1.807) is 24.7 Å². The minimum atomic E-state index is -0.920. The summed E-state index contributed by atoms with van der Waals surface area (Å²) >= 11 is 0. The van der Waals surface area contributed by atoms with E-state index in [2.05, 4.69) is 46.0 Å². The lowest BCUT2D eigenvalue weighted by molar-refractivity contribution is -0.132. The Balaban J connectivity index is 1.40. The second-order valence-electron chi connectivity index (χ2n) is 10.3. The molecule has 0 atom stereocenters. The Labute approximate surface area is 202 Å². The Morgan fingerprint density at radius 2 is 1.86 bits per heavy atom. The molecule has 0 aromatic carbocycles. The summed E-state index contributed by atoms with van der Waals surface area (Å²) in [5, 5.41) is 13.0. The number of aromatic nitrogens is 5. The molecule has 2 fully saturated rings. The summed E-state index contributed by atoms with van der Waals surface area (Å²) in [6.45, 7) is 8.16. The van der Waals surface area contributed by atoms with Gasteiger partial charge in [0.1, 0.15) is 17.3 Å². The lowest BCUT2D eigenvalue weighted by Crippen LogP contribution is -2.55. The molecule has 0 radical (unpaired) electrons. The maximum absolute atomic E-state index is 13.6. The van der Waals surface area contributed by atoms with Crippen molar-refractivity contribution >= 4 is 28.9 Å². The highest BCUT2D eigenvalue weighted by molar-refractivity contribution is 6.07. The van der Waals surface area contributed by atoms with Crippen molar-refractivity contribution in [1.82, 2.24) is 34.7 Å². The molecule has 3 amide bonds. The number of fused-ring (bicyclic) bond motifs is 1. The first-order valence-corrected chi connectivity index (χ1v) is 11.6. The number of anilines is 1. The summed E-state index contributed by atoms with van der Waals surface area (Å²) < 4.78 is 1.98. The molecule has 0 bridgehead atoms. The minimum Gasteiger partial charge on any atom is -0.341 e. The van der Waals surface area contributed by atoms with E-state index in [1.807, 2.05) is 21.6 Å². The molecule has 11 nitrogen and oxygen atoms in total. The van der Waals surface area contributed by atoms with Crippen molar-refractivity contribution in [2.45, 2.75) is 52.2 Å². The van der Waals surface area contributed by atoms with Crippen LogP contribution in [-0.4, -0.2) is 60.0 Å². The number of carbonyl (C=O) groups excluding carboxylic acids is 2. The molecule has 11 heteroatoms. The van der Waals surface area contributed by atoms with E-state index in [0.717, 1.165) is 11.1 Å². The van der Waals surface area contributed by atoms with Crippen LogP contribution in [0.4, 0.5) is 10.7 Å². The molecule has 5 heterocycles. The van der Waals surface area contributed by atoms with Crippen LogP contribution < -0.4 is 10.2 Å². The van der Waals surface area contributed by atoms with Gasteiger partial charge < -0.3 is 14.8 Å². The molecule has 2 saturated heterocycles. The molecular formula is C24H27N9O2. The van der Waals surface area contributed by atoms with Crippen LogP contribution in [0.1, 0.15) is 45.1 Å². The zero-order chi connectivity index (χ0) is 24.8. The summed E-state index contributed by atoms with van der Waals surface area (Å²) in [5.41, 5.74) is 0.384. The fraction of sp³-hybridized carbons (Fsp3) is 0.458. The Morgan fingerprint density at radius 3 is 2.51 bits per heavy atom. The third kappa shape index (κ3) is 4.16. The van der Waals surface area contributed by atoms with Gasteiger partial charge in [-0.05, 0) is 30.4 Å². The van der Waals surface area contributed by atoms with Crippen molar-refractivity contribution in [2.75, 3.05) is 18.0 Å². The fourth-order valence-electron chi connectivity index (χ4n) is 4.79. The van der Waals surface area contributed by atoms with Gasteiger partial charge in [0.15, 0.2) is 0 Å². The quantitative estimate of drug-likeness (QED) is 0.571. The van der Waals surface area contributed by atoms with E-state index < -0.39 is 11.6 Å². The molecule has 3 aromatic rings. The van der Waals surface area contributed by atoms with Gasteiger partial charge in [-0.1, -0.05) is 20.8 Å². The Hall–Kier alpha value is -4.07. The molecule has 5 rings (SSSR count). The monoisotopic (exact) mass is 473 g/mol. The molecule has 3 aromatic heterocycles. The zero-order valence-corrected chi connectivity index (χ0v) is 20.0. The average Bonchev–Trinajstić information content (AvgIpc) is 3.28. The van der Waals surface area contributed by atoms with Gasteiger partial charge in [-0.15, -0.1) is 0 Å². The van der Waals surface area contributed by atoms with Crippen molar-refractivity contribution in [3.8, 4) is 6.07 Å². The number of nitrogens with one attached hydrogen (secondary N) is 1. The molecule has 2 aliphatic rings. The summed E-state index contributed by atoms with van der Waals surface area (Å²) in [7, 11) is 0. The van der Waals surface area contributed by atoms with E-state index in [9.17, 15) is 14.9 Å². The first-order chi connectivity index (χ1) is 16.7. The number of piperidine rings is 1. The molecule has 2 aliphatic heterocycles. The highest BCUT2D eigenvalue weighted by atomic mass is 16.2. The van der Waals surface area contributed by atoms with E-state index in [0.29, 0.717) is 44.1 Å². The molecule has 0 saturated carbocycles. The summed E-state index contributed by atoms with van der Waals surface area (Å²) in [5.74, 6) is 0.494. The predicted molar refractivity (Wildman–Crippen MR) is 127 cm³/mol. The number of imide groups is 1. The second kappa shape index (κ2) is 8.30. The number of nitrogens with zero attached hydrogens (tertiary/aromatic N) is 8. The van der Waals surface area contributed by atoms with E-state index in [-0.39, 0.29) is 23.7 Å². The largest absolute Gasteiger partial charge is 0.341 e. The fourth-order valence-corrected chi connectivity index (χ4v) is 4.79. The van der Waals surface area contributed by atoms with Crippen molar-refractivity contribution in [2.24, 2.45) is 5.41 Å². The first kappa shape index (κ1) is 22.7. The topological polar surface area (TPSA) is 133 Å². The van der Waals surface area contributed by atoms with Gasteiger partial charge in [0.2, 0.25) is 11.8 Å². The van der Waals surface area contributed by atoms with Crippen LogP contribution in [0.15, 0.2) is 30.7 Å². The van der Waals surface area contributed by atoms with Crippen LogP contribution in [-0.2, 0) is 17.9 Å². The van der Waals surface area contributed by atoms with Gasteiger partial charge in [-0.25, -0.2) is 24.7 Å². The standard InChI is InChI=1S/C24H27N9O2/c1-23(2,3)15-33-17(11-16-13-28-18(12-25)29-19(16)33)14-32-20(34)24(30-22(32)35)5-9-31(10-6-24)21-26-7-4-8-27-21/h4,7-8,11,13H,5-6,9-10,14-15H2,1-3H3,(H,30,35). The molecule has 35 heavy (non-hydrogen) atoms. The van der Waals surface area contributed by atoms with Gasteiger partial charge in [0.25, 0.3) is 5.91 Å². The molecular weight excluding hydrogens is 446 g/mol. The summed E-state index contributed by atoms with van der Waals surface area (Å²) in [6.07, 6.45) is 5.95. The van der Waals surface area contributed by atoms with Crippen molar-refractivity contribution in [3.63, 3.8) is 0 Å². The number of urea groups is 1. The lowest BCUT2D eigenvalue weighted by Gasteiger charge is -2.37. The van der Waals surface area contributed by atoms with Crippen molar-refractivity contribution in [1.29, 1.82) is 5.26 Å². The summed E-state index contributed by atoms with van der Waals surface area (Å²) in [6, 6.07) is 5.25. The average molecular weight is 474 g/mol.